The van der Waals surface area contributed by atoms with E-state index in [0.29, 0.717) is 31.5 Å². The molecule has 2 bridgehead atoms. The molecule has 11 heteroatoms. The topological polar surface area (TPSA) is 49.8 Å². The van der Waals surface area contributed by atoms with Crippen LogP contribution in [0.5, 0.6) is 5.75 Å². The molecule has 3 aliphatic rings. The fourth-order valence-electron chi connectivity index (χ4n) is 5.47. The van der Waals surface area contributed by atoms with Gasteiger partial charge in [-0.05, 0) is 79.8 Å². The van der Waals surface area contributed by atoms with Crippen LogP contribution in [-0.2, 0) is 12.7 Å². The van der Waals surface area contributed by atoms with Crippen molar-refractivity contribution in [3.05, 3.63) is 63.2 Å². The Morgan fingerprint density at radius 1 is 1.06 bits per heavy atom. The Bertz CT molecular complexity index is 1160. The number of piperidine rings is 1. The molecule has 0 radical (unpaired) electrons. The summed E-state index contributed by atoms with van der Waals surface area (Å²) in [6, 6.07) is 4.03. The maximum Gasteiger partial charge on any atom is 0.416 e. The highest BCUT2D eigenvalue weighted by Gasteiger charge is 2.43. The van der Waals surface area contributed by atoms with E-state index in [-0.39, 0.29) is 36.0 Å². The number of hydrogen-bond acceptors (Lipinski definition) is 3. The van der Waals surface area contributed by atoms with E-state index >= 15 is 0 Å². The minimum absolute atomic E-state index is 0. The Balaban J connectivity index is 0.00000304. The molecule has 2 aromatic rings. The van der Waals surface area contributed by atoms with Gasteiger partial charge in [-0.1, -0.05) is 11.6 Å². The molecule has 2 atom stereocenters. The van der Waals surface area contributed by atoms with Crippen molar-refractivity contribution in [3.8, 4) is 5.75 Å². The first-order valence-electron chi connectivity index (χ1n) is 11.6. The lowest BCUT2D eigenvalue weighted by atomic mass is 9.95. The summed E-state index contributed by atoms with van der Waals surface area (Å²) in [5.74, 6) is -3.35. The lowest BCUT2D eigenvalue weighted by molar-refractivity contribution is -0.137. The molecule has 196 valence electrons. The van der Waals surface area contributed by atoms with Gasteiger partial charge in [0.25, 0.3) is 0 Å². The molecular formula is C25H24Cl2F5NO3. The summed E-state index contributed by atoms with van der Waals surface area (Å²) in [5, 5.41) is 8.64. The van der Waals surface area contributed by atoms with Crippen LogP contribution in [0, 0.1) is 11.6 Å². The molecular weight excluding hydrogens is 528 g/mol. The number of carboxylic acids is 1. The molecule has 2 heterocycles. The third kappa shape index (κ3) is 5.29. The molecule has 5 rings (SSSR count). The Morgan fingerprint density at radius 3 is 2.25 bits per heavy atom. The van der Waals surface area contributed by atoms with Crippen LogP contribution >= 0.6 is 24.0 Å². The van der Waals surface area contributed by atoms with Gasteiger partial charge < -0.3 is 9.84 Å². The number of aromatic carboxylic acids is 1. The van der Waals surface area contributed by atoms with Crippen LogP contribution in [0.4, 0.5) is 22.0 Å². The van der Waals surface area contributed by atoms with Crippen molar-refractivity contribution in [2.75, 3.05) is 0 Å². The fourth-order valence-corrected chi connectivity index (χ4v) is 5.69. The monoisotopic (exact) mass is 551 g/mol. The quantitative estimate of drug-likeness (QED) is 0.385. The average molecular weight is 552 g/mol. The third-order valence-electron chi connectivity index (χ3n) is 7.29. The minimum atomic E-state index is -4.68. The number of carbonyl (C=O) groups is 1. The van der Waals surface area contributed by atoms with E-state index in [4.69, 9.17) is 16.3 Å². The summed E-state index contributed by atoms with van der Waals surface area (Å²) in [7, 11) is 0. The number of ether oxygens (including phenoxy) is 1. The van der Waals surface area contributed by atoms with E-state index in [0.717, 1.165) is 36.8 Å². The zero-order chi connectivity index (χ0) is 25.1. The van der Waals surface area contributed by atoms with Crippen molar-refractivity contribution in [2.24, 2.45) is 0 Å². The third-order valence-corrected chi connectivity index (χ3v) is 7.56. The normalized spacial score (nSPS) is 23.9. The van der Waals surface area contributed by atoms with Crippen LogP contribution in [0.3, 0.4) is 0 Å². The molecule has 4 nitrogen and oxygen atoms in total. The van der Waals surface area contributed by atoms with Gasteiger partial charge in [-0.3, -0.25) is 4.90 Å². The molecule has 3 fully saturated rings. The largest absolute Gasteiger partial charge is 0.487 e. The van der Waals surface area contributed by atoms with Gasteiger partial charge in [0.15, 0.2) is 11.6 Å². The molecule has 1 saturated carbocycles. The molecule has 2 aliphatic heterocycles. The van der Waals surface area contributed by atoms with Crippen molar-refractivity contribution in [2.45, 2.75) is 75.4 Å². The van der Waals surface area contributed by atoms with Gasteiger partial charge in [0, 0.05) is 18.6 Å². The Morgan fingerprint density at radius 2 is 1.69 bits per heavy atom. The number of carboxylic acid groups (broad SMARTS) is 1. The Hall–Kier alpha value is -2.10. The predicted octanol–water partition coefficient (Wildman–Crippen LogP) is 7.21. The van der Waals surface area contributed by atoms with E-state index < -0.39 is 46.2 Å². The minimum Gasteiger partial charge on any atom is -0.487 e. The van der Waals surface area contributed by atoms with E-state index in [1.165, 1.54) is 12.1 Å². The van der Waals surface area contributed by atoms with Crippen molar-refractivity contribution in [1.29, 1.82) is 0 Å². The number of benzene rings is 2. The first-order chi connectivity index (χ1) is 16.5. The first-order valence-corrected chi connectivity index (χ1v) is 11.9. The molecule has 1 N–H and O–H groups in total. The molecule has 2 unspecified atom stereocenters. The van der Waals surface area contributed by atoms with Gasteiger partial charge in [-0.15, -0.1) is 12.4 Å². The summed E-state index contributed by atoms with van der Waals surface area (Å²) in [6.45, 7) is 0.453. The Kier molecular flexibility index (Phi) is 7.48. The van der Waals surface area contributed by atoms with E-state index in [9.17, 15) is 31.9 Å². The number of alkyl halides is 3. The molecule has 0 spiro atoms. The van der Waals surface area contributed by atoms with Gasteiger partial charge in [0.05, 0.1) is 16.1 Å². The summed E-state index contributed by atoms with van der Waals surface area (Å²) >= 11 is 5.68. The van der Waals surface area contributed by atoms with Crippen molar-refractivity contribution in [1.82, 2.24) is 4.90 Å². The second kappa shape index (κ2) is 9.99. The zero-order valence-corrected chi connectivity index (χ0v) is 20.5. The summed E-state index contributed by atoms with van der Waals surface area (Å²) in [5.41, 5.74) is 0.232. The van der Waals surface area contributed by atoms with Crippen LogP contribution in [0.2, 0.25) is 5.02 Å². The van der Waals surface area contributed by atoms with Crippen LogP contribution in [0.25, 0.3) is 0 Å². The van der Waals surface area contributed by atoms with Crippen LogP contribution in [0.15, 0.2) is 24.3 Å². The molecule has 0 amide bonds. The maximum atomic E-state index is 14.5. The van der Waals surface area contributed by atoms with Crippen LogP contribution in [0.1, 0.15) is 71.5 Å². The molecule has 1 aliphatic carbocycles. The van der Waals surface area contributed by atoms with Crippen molar-refractivity contribution < 1.29 is 36.6 Å². The number of rotatable bonds is 6. The molecule has 36 heavy (non-hydrogen) atoms. The number of fused-ring (bicyclic) bond motifs is 2. The van der Waals surface area contributed by atoms with E-state index in [1.54, 1.807) is 0 Å². The van der Waals surface area contributed by atoms with Gasteiger partial charge in [0.1, 0.15) is 11.9 Å². The zero-order valence-electron chi connectivity index (χ0n) is 19.0. The van der Waals surface area contributed by atoms with Crippen LogP contribution in [-0.4, -0.2) is 34.2 Å². The van der Waals surface area contributed by atoms with Crippen molar-refractivity contribution >= 4 is 30.0 Å². The first kappa shape index (κ1) is 26.9. The summed E-state index contributed by atoms with van der Waals surface area (Å²) in [4.78, 5) is 13.6. The van der Waals surface area contributed by atoms with Crippen LogP contribution < -0.4 is 4.74 Å². The second-order valence-electron chi connectivity index (χ2n) is 9.65. The number of hydrogen-bond donors (Lipinski definition) is 1. The average Bonchev–Trinajstić information content (AvgIpc) is 3.57. The van der Waals surface area contributed by atoms with Gasteiger partial charge in [-0.2, -0.15) is 13.2 Å². The smallest absolute Gasteiger partial charge is 0.416 e. The highest BCUT2D eigenvalue weighted by Crippen LogP contribution is 2.45. The van der Waals surface area contributed by atoms with Gasteiger partial charge in [0.2, 0.25) is 0 Å². The maximum absolute atomic E-state index is 14.5. The summed E-state index contributed by atoms with van der Waals surface area (Å²) < 4.78 is 74.0. The molecule has 2 aromatic carbocycles. The van der Waals surface area contributed by atoms with E-state index in [1.807, 2.05) is 0 Å². The predicted molar refractivity (Wildman–Crippen MR) is 125 cm³/mol. The highest BCUT2D eigenvalue weighted by molar-refractivity contribution is 6.31. The SMILES string of the molecule is Cl.O=C(O)c1cc(C2CC2)c(CN2C3CCC2CC(Oc2cc(C(F)(F)F)cc(Cl)c2F)C3)cc1F. The van der Waals surface area contributed by atoms with Crippen molar-refractivity contribution in [3.63, 3.8) is 0 Å². The lowest BCUT2D eigenvalue weighted by Gasteiger charge is -2.39. The second-order valence-corrected chi connectivity index (χ2v) is 10.1. The number of nitrogens with zero attached hydrogens (tertiary/aromatic N) is 1. The van der Waals surface area contributed by atoms with E-state index in [2.05, 4.69) is 4.90 Å². The fraction of sp³-hybridized carbons (Fsp3) is 0.480. The summed E-state index contributed by atoms with van der Waals surface area (Å²) in [6.07, 6.45) is -0.641. The molecule has 0 aromatic heterocycles. The number of halogens is 7. The standard InChI is InChI=1S/C25H23ClF5NO3.ClH/c26-20-6-14(25(29,30)31)7-22(23(20)28)35-17-8-15-3-4-16(9-17)32(15)11-13-5-21(27)19(24(33)34)10-18(13)12-1-2-12;/h5-7,10,12,15-17H,1-4,8-9,11H2,(H,33,34);1H. The highest BCUT2D eigenvalue weighted by atomic mass is 35.5. The van der Waals surface area contributed by atoms with Gasteiger partial charge in [-0.25, -0.2) is 13.6 Å². The van der Waals surface area contributed by atoms with Gasteiger partial charge >= 0.3 is 12.1 Å². The molecule has 2 saturated heterocycles. The Labute approximate surface area is 215 Å². The lowest BCUT2D eigenvalue weighted by Crippen LogP contribution is -2.46.